The Morgan fingerprint density at radius 1 is 0.662 bits per heavy atom. The highest BCUT2D eigenvalue weighted by Gasteiger charge is 2.18. The van der Waals surface area contributed by atoms with E-state index in [1.54, 1.807) is 56.3 Å². The Labute approximate surface area is 388 Å². The Hall–Kier alpha value is -6.54. The summed E-state index contributed by atoms with van der Waals surface area (Å²) in [5, 5.41) is 31.5. The van der Waals surface area contributed by atoms with E-state index in [2.05, 4.69) is 30.2 Å². The highest BCUT2D eigenvalue weighted by Crippen LogP contribution is 2.21. The molecule has 0 aliphatic carbocycles. The van der Waals surface area contributed by atoms with Gasteiger partial charge in [-0.05, 0) is 56.7 Å². The van der Waals surface area contributed by atoms with E-state index in [4.69, 9.17) is 64.0 Å². The number of aromatic nitrogens is 9. The van der Waals surface area contributed by atoms with E-state index in [1.165, 1.54) is 63.8 Å². The summed E-state index contributed by atoms with van der Waals surface area (Å²) in [6, 6.07) is 21.6. The lowest BCUT2D eigenvalue weighted by atomic mass is 10.2. The first kappa shape index (κ1) is 49.5. The molecule has 2 saturated heterocycles. The molecule has 340 valence electrons. The van der Waals surface area contributed by atoms with Crippen LogP contribution in [0.4, 0.5) is 0 Å². The van der Waals surface area contributed by atoms with Crippen LogP contribution in [0, 0.1) is 0 Å². The van der Waals surface area contributed by atoms with Crippen LogP contribution >= 0.6 is 34.8 Å². The van der Waals surface area contributed by atoms with E-state index in [1.807, 2.05) is 30.3 Å². The third-order valence-electron chi connectivity index (χ3n) is 8.30. The van der Waals surface area contributed by atoms with Gasteiger partial charge in [-0.25, -0.2) is 43.4 Å². The van der Waals surface area contributed by atoms with Gasteiger partial charge in [-0.1, -0.05) is 71.2 Å². The van der Waals surface area contributed by atoms with Crippen LogP contribution in [0.25, 0.3) is 52.8 Å². The molecule has 0 amide bonds. The van der Waals surface area contributed by atoms with Gasteiger partial charge in [-0.15, -0.1) is 15.3 Å². The van der Waals surface area contributed by atoms with Crippen LogP contribution in [-0.2, 0) is 33.3 Å². The van der Waals surface area contributed by atoms with E-state index < -0.39 is 17.9 Å². The maximum absolute atomic E-state index is 11.7. The van der Waals surface area contributed by atoms with Crippen molar-refractivity contribution in [3.63, 3.8) is 0 Å². The Morgan fingerprint density at radius 3 is 1.45 bits per heavy atom. The number of hydrogen-bond donors (Lipinski definition) is 2. The maximum atomic E-state index is 11.7. The molecule has 5 heterocycles. The van der Waals surface area contributed by atoms with Gasteiger partial charge in [0.05, 0.1) is 32.0 Å². The fourth-order valence-corrected chi connectivity index (χ4v) is 5.91. The topological polar surface area (TPSA) is 221 Å². The number of aliphatic hydroxyl groups excluding tert-OH is 1. The molecule has 2 aliphatic rings. The molecule has 0 bridgehead atoms. The zero-order valence-corrected chi connectivity index (χ0v) is 37.3. The first-order valence-corrected chi connectivity index (χ1v) is 21.0. The molecule has 8 rings (SSSR count). The molecule has 3 aromatic heterocycles. The molecule has 2 unspecified atom stereocenters. The molecule has 65 heavy (non-hydrogen) atoms. The number of carboxylic acids is 1. The number of carbonyl (C=O) groups excluding carboxylic acids is 2. The number of hydrogen-bond acceptors (Lipinski definition) is 14. The smallest absolute Gasteiger partial charge is 0.332 e. The van der Waals surface area contributed by atoms with Gasteiger partial charge in [0.2, 0.25) is 0 Å². The second-order valence-corrected chi connectivity index (χ2v) is 15.2. The number of esters is 2. The Bertz CT molecular complexity index is 2560. The average molecular weight is 949 g/mol. The molecule has 0 spiro atoms. The van der Waals surface area contributed by atoms with Crippen molar-refractivity contribution >= 4 is 71.3 Å². The summed E-state index contributed by atoms with van der Waals surface area (Å²) in [5.74, 6) is -0.318. The standard InChI is InChI=1S/C15H14ClN3O3.C14H14ClN3O2.C11H8ClN3O2.C4H8O2/c16-12-3-1-2-11(8-12)15-17-10-19(18-15)6-4-14(20)22-13-5-7-21-9-13;1-10(2)20-13(19)6-7-18-9-16-14(17-18)11-4-3-5-12(15)8-11;12-9-3-1-2-8(6-9)11-13-7-15(14-11)5-4-10(16)17;5-4-1-2-6-3-4/h1-4,6,8,10,13H,5,7,9H2;3-10H,1-2H3;1-7H,(H,16,17);4-5H,1-3H2/b6-4-;7-6-;5-4-;. The molecule has 18 nitrogen and oxygen atoms in total. The van der Waals surface area contributed by atoms with Gasteiger partial charge in [-0.2, -0.15) is 0 Å². The highest BCUT2D eigenvalue weighted by molar-refractivity contribution is 6.31. The first-order valence-electron chi connectivity index (χ1n) is 19.8. The molecule has 2 aliphatic heterocycles. The molecule has 2 fully saturated rings. The summed E-state index contributed by atoms with van der Waals surface area (Å²) in [7, 11) is 0. The summed E-state index contributed by atoms with van der Waals surface area (Å²) in [5.41, 5.74) is 2.40. The molecule has 21 heteroatoms. The fraction of sp³-hybridized carbons (Fsp3) is 0.250. The molecule has 0 saturated carbocycles. The van der Waals surface area contributed by atoms with Gasteiger partial charge in [0.1, 0.15) is 25.1 Å². The quantitative estimate of drug-likeness (QED) is 0.0958. The minimum absolute atomic E-state index is 0.148. The summed E-state index contributed by atoms with van der Waals surface area (Å²) in [6.45, 7) is 5.95. The monoisotopic (exact) mass is 947 g/mol. The molecular formula is C44H44Cl3N9O9. The number of carbonyl (C=O) groups is 3. The van der Waals surface area contributed by atoms with Crippen LogP contribution in [0.3, 0.4) is 0 Å². The lowest BCUT2D eigenvalue weighted by molar-refractivity contribution is -0.143. The van der Waals surface area contributed by atoms with Gasteiger partial charge in [0.15, 0.2) is 17.5 Å². The number of benzene rings is 3. The lowest BCUT2D eigenvalue weighted by Gasteiger charge is -2.06. The van der Waals surface area contributed by atoms with Gasteiger partial charge in [0.25, 0.3) is 0 Å². The Morgan fingerprint density at radius 2 is 1.09 bits per heavy atom. The van der Waals surface area contributed by atoms with Crippen molar-refractivity contribution in [2.24, 2.45) is 0 Å². The van der Waals surface area contributed by atoms with Crippen LogP contribution < -0.4 is 0 Å². The van der Waals surface area contributed by atoms with Gasteiger partial charge >= 0.3 is 17.9 Å². The molecule has 2 N–H and O–H groups in total. The van der Waals surface area contributed by atoms with Crippen molar-refractivity contribution in [3.8, 4) is 34.2 Å². The minimum atomic E-state index is -1.04. The number of halogens is 3. The largest absolute Gasteiger partial charge is 0.478 e. The van der Waals surface area contributed by atoms with Crippen LogP contribution in [0.2, 0.25) is 15.1 Å². The van der Waals surface area contributed by atoms with E-state index in [-0.39, 0.29) is 18.3 Å². The van der Waals surface area contributed by atoms with Gasteiger partial charge in [0, 0.05) is 81.6 Å². The van der Waals surface area contributed by atoms with Crippen molar-refractivity contribution < 1.29 is 43.5 Å². The maximum Gasteiger partial charge on any atom is 0.332 e. The third kappa shape index (κ3) is 17.9. The fourth-order valence-electron chi connectivity index (χ4n) is 5.34. The van der Waals surface area contributed by atoms with Crippen molar-refractivity contribution in [2.45, 2.75) is 45.0 Å². The zero-order chi connectivity index (χ0) is 46.6. The summed E-state index contributed by atoms with van der Waals surface area (Å²) < 4.78 is 24.3. The number of carboxylic acid groups (broad SMARTS) is 1. The Kier molecular flexibility index (Phi) is 19.5. The molecule has 6 aromatic rings. The van der Waals surface area contributed by atoms with E-state index in [0.717, 1.165) is 42.2 Å². The summed E-state index contributed by atoms with van der Waals surface area (Å²) in [6.07, 6.45) is 13.4. The molecule has 0 radical (unpaired) electrons. The predicted molar refractivity (Wildman–Crippen MR) is 243 cm³/mol. The van der Waals surface area contributed by atoms with Gasteiger partial charge in [-0.3, -0.25) is 0 Å². The third-order valence-corrected chi connectivity index (χ3v) is 9.00. The SMILES string of the molecule is CC(C)OC(=O)/C=C\n1cnc(-c2cccc(Cl)c2)n1.O=C(/C=C\n1cnc(-c2cccc(Cl)c2)n1)OC1CCOC1.O=C(O)/C=C\n1cnc(-c2cccc(Cl)c2)n1.OC1CCOC1. The van der Waals surface area contributed by atoms with Gasteiger partial charge < -0.3 is 29.2 Å². The first-order chi connectivity index (χ1) is 31.3. The summed E-state index contributed by atoms with van der Waals surface area (Å²) in [4.78, 5) is 45.7. The van der Waals surface area contributed by atoms with E-state index in [9.17, 15) is 14.4 Å². The number of ether oxygens (including phenoxy) is 4. The molecular weight excluding hydrogens is 905 g/mol. The second kappa shape index (κ2) is 25.7. The molecule has 3 aromatic carbocycles. The van der Waals surface area contributed by atoms with Crippen molar-refractivity contribution in [2.75, 3.05) is 26.4 Å². The van der Waals surface area contributed by atoms with Crippen LogP contribution in [0.1, 0.15) is 26.7 Å². The van der Waals surface area contributed by atoms with Crippen molar-refractivity contribution in [1.29, 1.82) is 0 Å². The average Bonchev–Trinajstić information content (AvgIpc) is 4.14. The number of aliphatic carboxylic acids is 1. The Balaban J connectivity index is 0.000000173. The number of rotatable bonds is 11. The van der Waals surface area contributed by atoms with E-state index >= 15 is 0 Å². The normalized spacial score (nSPS) is 15.6. The summed E-state index contributed by atoms with van der Waals surface area (Å²) >= 11 is 17.7. The van der Waals surface area contributed by atoms with Crippen LogP contribution in [-0.4, -0.2) is 117 Å². The highest BCUT2D eigenvalue weighted by atomic mass is 35.5. The zero-order valence-electron chi connectivity index (χ0n) is 35.0. The predicted octanol–water partition coefficient (Wildman–Crippen LogP) is 7.34. The second-order valence-electron chi connectivity index (χ2n) is 13.9. The van der Waals surface area contributed by atoms with E-state index in [0.29, 0.717) is 52.4 Å². The van der Waals surface area contributed by atoms with Crippen LogP contribution in [0.5, 0.6) is 0 Å². The number of aliphatic hydroxyl groups is 1. The number of nitrogens with zero attached hydrogens (tertiary/aromatic N) is 9. The minimum Gasteiger partial charge on any atom is -0.478 e. The molecule has 2 atom stereocenters. The lowest BCUT2D eigenvalue weighted by Crippen LogP contribution is -2.16. The van der Waals surface area contributed by atoms with Crippen molar-refractivity contribution in [1.82, 2.24) is 44.3 Å². The van der Waals surface area contributed by atoms with Crippen molar-refractivity contribution in [3.05, 3.63) is 125 Å². The van der Waals surface area contributed by atoms with Crippen LogP contribution in [0.15, 0.2) is 110 Å².